The van der Waals surface area contributed by atoms with Gasteiger partial charge in [-0.3, -0.25) is 9.78 Å². The first-order valence-corrected chi connectivity index (χ1v) is 5.29. The van der Waals surface area contributed by atoms with E-state index in [0.29, 0.717) is 5.69 Å². The van der Waals surface area contributed by atoms with Gasteiger partial charge < -0.3 is 5.11 Å². The highest BCUT2D eigenvalue weighted by molar-refractivity contribution is 5.80. The summed E-state index contributed by atoms with van der Waals surface area (Å²) in [5.74, 6) is 0.442. The van der Waals surface area contributed by atoms with Gasteiger partial charge in [0.05, 0.1) is 6.21 Å². The average molecular weight is 244 g/mol. The molecule has 2 aromatic rings. The fraction of sp³-hybridized carbons (Fsp3) is 0.0833. The Balaban J connectivity index is 2.09. The van der Waals surface area contributed by atoms with Crippen LogP contribution in [0, 0.1) is 6.92 Å². The summed E-state index contributed by atoms with van der Waals surface area (Å²) < 4.78 is 0. The van der Waals surface area contributed by atoms with Crippen molar-refractivity contribution >= 4 is 12.2 Å². The maximum atomic E-state index is 11.2. The number of aromatic hydroxyl groups is 1. The number of anilines is 1. The molecular formula is C12H12N4O2. The van der Waals surface area contributed by atoms with Crippen LogP contribution < -0.4 is 11.0 Å². The van der Waals surface area contributed by atoms with Crippen molar-refractivity contribution in [3.8, 4) is 5.75 Å². The van der Waals surface area contributed by atoms with E-state index in [2.05, 4.69) is 20.5 Å². The Hall–Kier alpha value is -2.63. The van der Waals surface area contributed by atoms with E-state index in [-0.39, 0.29) is 17.3 Å². The molecule has 0 aliphatic rings. The number of phenolic OH excluding ortho intramolecular Hbond substituents is 1. The van der Waals surface area contributed by atoms with Gasteiger partial charge in [-0.15, -0.1) is 0 Å². The third-order valence-corrected chi connectivity index (χ3v) is 2.12. The molecule has 0 radical (unpaired) electrons. The second kappa shape index (κ2) is 5.13. The van der Waals surface area contributed by atoms with Crippen LogP contribution >= 0.6 is 0 Å². The zero-order valence-electron chi connectivity index (χ0n) is 9.71. The van der Waals surface area contributed by atoms with Gasteiger partial charge >= 0.3 is 0 Å². The molecule has 1 aromatic carbocycles. The third-order valence-electron chi connectivity index (χ3n) is 2.12. The highest BCUT2D eigenvalue weighted by Crippen LogP contribution is 2.08. The molecule has 0 unspecified atom stereocenters. The quantitative estimate of drug-likeness (QED) is 0.559. The number of rotatable bonds is 3. The molecule has 3 N–H and O–H groups in total. The van der Waals surface area contributed by atoms with Gasteiger partial charge in [0.25, 0.3) is 5.56 Å². The largest absolute Gasteiger partial charge is 0.508 e. The first-order chi connectivity index (χ1) is 8.63. The smallest absolute Gasteiger partial charge is 0.252 e. The average Bonchev–Trinajstić information content (AvgIpc) is 2.27. The van der Waals surface area contributed by atoms with E-state index >= 15 is 0 Å². The highest BCUT2D eigenvalue weighted by Gasteiger charge is 1.95. The molecule has 0 aliphatic heterocycles. The van der Waals surface area contributed by atoms with E-state index in [1.807, 2.05) is 0 Å². The van der Waals surface area contributed by atoms with Crippen molar-refractivity contribution in [3.05, 3.63) is 51.9 Å². The van der Waals surface area contributed by atoms with Crippen molar-refractivity contribution in [2.75, 3.05) is 5.43 Å². The molecule has 18 heavy (non-hydrogen) atoms. The molecule has 0 saturated heterocycles. The number of phenols is 1. The Morgan fingerprint density at radius 2 is 2.28 bits per heavy atom. The standard InChI is InChI=1S/C12H12N4O2/c1-8-5-11(18)15-12(14-8)16-13-7-9-3-2-4-10(17)6-9/h2-7,17H,1H3,(H2,14,15,16,18). The summed E-state index contributed by atoms with van der Waals surface area (Å²) in [7, 11) is 0. The van der Waals surface area contributed by atoms with Gasteiger partial charge in [0, 0.05) is 11.8 Å². The molecular weight excluding hydrogens is 232 g/mol. The summed E-state index contributed by atoms with van der Waals surface area (Å²) in [5, 5.41) is 13.2. The minimum Gasteiger partial charge on any atom is -0.508 e. The topological polar surface area (TPSA) is 90.4 Å². The molecule has 0 fully saturated rings. The van der Waals surface area contributed by atoms with Crippen molar-refractivity contribution in [3.63, 3.8) is 0 Å². The maximum Gasteiger partial charge on any atom is 0.252 e. The van der Waals surface area contributed by atoms with Gasteiger partial charge in [-0.25, -0.2) is 10.4 Å². The van der Waals surface area contributed by atoms with E-state index in [0.717, 1.165) is 5.56 Å². The summed E-state index contributed by atoms with van der Waals surface area (Å²) in [5.41, 5.74) is 3.72. The number of benzene rings is 1. The predicted octanol–water partition coefficient (Wildman–Crippen LogP) is 1.23. The second-order valence-electron chi connectivity index (χ2n) is 3.70. The van der Waals surface area contributed by atoms with Crippen LogP contribution in [0.4, 0.5) is 5.95 Å². The molecule has 0 aliphatic carbocycles. The third kappa shape index (κ3) is 3.18. The predicted molar refractivity (Wildman–Crippen MR) is 68.9 cm³/mol. The SMILES string of the molecule is Cc1cc(=O)[nH]c(NN=Cc2cccc(O)c2)n1. The summed E-state index contributed by atoms with van der Waals surface area (Å²) in [6, 6.07) is 8.03. The molecule has 92 valence electrons. The Morgan fingerprint density at radius 3 is 3.00 bits per heavy atom. The van der Waals surface area contributed by atoms with E-state index in [1.165, 1.54) is 12.3 Å². The number of aryl methyl sites for hydroxylation is 1. The second-order valence-corrected chi connectivity index (χ2v) is 3.70. The molecule has 0 amide bonds. The number of nitrogens with one attached hydrogen (secondary N) is 2. The molecule has 0 saturated carbocycles. The Bertz CT molecular complexity index is 634. The summed E-state index contributed by atoms with van der Waals surface area (Å²) >= 11 is 0. The number of aromatic amines is 1. The molecule has 1 aromatic heterocycles. The molecule has 6 heteroatoms. The van der Waals surface area contributed by atoms with Crippen LogP contribution in [0.15, 0.2) is 40.2 Å². The Kier molecular flexibility index (Phi) is 3.38. The van der Waals surface area contributed by atoms with Crippen LogP contribution in [0.25, 0.3) is 0 Å². The van der Waals surface area contributed by atoms with Crippen molar-refractivity contribution in [1.29, 1.82) is 0 Å². The van der Waals surface area contributed by atoms with E-state index in [1.54, 1.807) is 31.2 Å². The van der Waals surface area contributed by atoms with Crippen molar-refractivity contribution in [1.82, 2.24) is 9.97 Å². The minimum absolute atomic E-state index is 0.168. The van der Waals surface area contributed by atoms with Crippen LogP contribution in [0.3, 0.4) is 0 Å². The van der Waals surface area contributed by atoms with E-state index in [4.69, 9.17) is 0 Å². The number of aromatic nitrogens is 2. The zero-order chi connectivity index (χ0) is 13.0. The van der Waals surface area contributed by atoms with Gasteiger partial charge in [0.2, 0.25) is 5.95 Å². The number of hydrogen-bond donors (Lipinski definition) is 3. The van der Waals surface area contributed by atoms with Crippen molar-refractivity contribution in [2.24, 2.45) is 5.10 Å². The molecule has 1 heterocycles. The van der Waals surface area contributed by atoms with Gasteiger partial charge in [0.15, 0.2) is 0 Å². The molecule has 0 atom stereocenters. The Morgan fingerprint density at radius 1 is 1.44 bits per heavy atom. The van der Waals surface area contributed by atoms with Crippen LogP contribution in [0.2, 0.25) is 0 Å². The van der Waals surface area contributed by atoms with Crippen LogP contribution in [0.5, 0.6) is 5.75 Å². The summed E-state index contributed by atoms with van der Waals surface area (Å²) in [6.07, 6.45) is 1.52. The lowest BCUT2D eigenvalue weighted by Crippen LogP contribution is -2.10. The number of hydrazone groups is 1. The van der Waals surface area contributed by atoms with Crippen molar-refractivity contribution < 1.29 is 5.11 Å². The van der Waals surface area contributed by atoms with Crippen molar-refractivity contribution in [2.45, 2.75) is 6.92 Å². The monoisotopic (exact) mass is 244 g/mol. The van der Waals surface area contributed by atoms with Crippen LogP contribution in [-0.2, 0) is 0 Å². The van der Waals surface area contributed by atoms with Gasteiger partial charge in [-0.05, 0) is 24.6 Å². The molecule has 0 bridgehead atoms. The fourth-order valence-corrected chi connectivity index (χ4v) is 1.41. The maximum absolute atomic E-state index is 11.2. The van der Waals surface area contributed by atoms with Gasteiger partial charge in [-0.1, -0.05) is 12.1 Å². The number of H-pyrrole nitrogens is 1. The lowest BCUT2D eigenvalue weighted by molar-refractivity contribution is 0.475. The minimum atomic E-state index is -0.238. The number of nitrogens with zero attached hydrogens (tertiary/aromatic N) is 2. The van der Waals surface area contributed by atoms with Gasteiger partial charge in [-0.2, -0.15) is 5.10 Å². The first kappa shape index (κ1) is 11.8. The fourth-order valence-electron chi connectivity index (χ4n) is 1.41. The normalized spacial score (nSPS) is 10.7. The summed E-state index contributed by atoms with van der Waals surface area (Å²) in [6.45, 7) is 1.72. The highest BCUT2D eigenvalue weighted by atomic mass is 16.3. The van der Waals surface area contributed by atoms with Gasteiger partial charge in [0.1, 0.15) is 5.75 Å². The van der Waals surface area contributed by atoms with E-state index < -0.39 is 0 Å². The molecule has 6 nitrogen and oxygen atoms in total. The first-order valence-electron chi connectivity index (χ1n) is 5.29. The molecule has 2 rings (SSSR count). The Labute approximate surface area is 103 Å². The number of hydrogen-bond acceptors (Lipinski definition) is 5. The molecule has 0 spiro atoms. The van der Waals surface area contributed by atoms with E-state index in [9.17, 15) is 9.90 Å². The van der Waals surface area contributed by atoms with Crippen LogP contribution in [-0.4, -0.2) is 21.3 Å². The zero-order valence-corrected chi connectivity index (χ0v) is 9.71. The van der Waals surface area contributed by atoms with Crippen LogP contribution in [0.1, 0.15) is 11.3 Å². The summed E-state index contributed by atoms with van der Waals surface area (Å²) in [4.78, 5) is 17.7. The lowest BCUT2D eigenvalue weighted by Gasteiger charge is -1.99. The lowest BCUT2D eigenvalue weighted by atomic mass is 10.2.